The van der Waals surface area contributed by atoms with Gasteiger partial charge in [-0.1, -0.05) is 0 Å². The van der Waals surface area contributed by atoms with Crippen LogP contribution in [0.3, 0.4) is 0 Å². The van der Waals surface area contributed by atoms with E-state index in [2.05, 4.69) is 19.4 Å². The smallest absolute Gasteiger partial charge is 0.400 e. The van der Waals surface area contributed by atoms with Crippen molar-refractivity contribution in [2.45, 2.75) is 0 Å². The lowest BCUT2D eigenvalue weighted by molar-refractivity contribution is -0.262. The summed E-state index contributed by atoms with van der Waals surface area (Å²) in [7, 11) is -4.65. The standard InChI is InChI=1S/CH4B2O9/c4-1(9-11-2(5)6)10-12-3(7)8/h5-8H. The van der Waals surface area contributed by atoms with Crippen LogP contribution in [-0.4, -0.2) is 40.9 Å². The van der Waals surface area contributed by atoms with E-state index in [1.807, 2.05) is 0 Å². The van der Waals surface area contributed by atoms with Crippen LogP contribution in [0.15, 0.2) is 0 Å². The molecule has 0 aromatic rings. The highest BCUT2D eigenvalue weighted by atomic mass is 17.3. The molecule has 0 unspecified atom stereocenters. The van der Waals surface area contributed by atoms with E-state index in [1.54, 1.807) is 0 Å². The molecule has 0 bridgehead atoms. The molecular formula is CH4B2O9. The van der Waals surface area contributed by atoms with Crippen LogP contribution >= 0.6 is 0 Å². The fraction of sp³-hybridized carbons (Fsp3) is 0. The van der Waals surface area contributed by atoms with Gasteiger partial charge in [-0.3, -0.25) is 9.78 Å². The van der Waals surface area contributed by atoms with Gasteiger partial charge in [0.25, 0.3) is 0 Å². The average Bonchev–Trinajstić information content (AvgIpc) is 1.96. The first-order chi connectivity index (χ1) is 5.52. The fourth-order valence-electron chi connectivity index (χ4n) is 0.179. The molecule has 0 aliphatic carbocycles. The van der Waals surface area contributed by atoms with Crippen molar-refractivity contribution >= 4 is 20.8 Å². The molecule has 0 fully saturated rings. The van der Waals surface area contributed by atoms with Crippen LogP contribution in [0.25, 0.3) is 0 Å². The predicted octanol–water partition coefficient (Wildman–Crippen LogP) is -3.06. The molecule has 0 saturated carbocycles. The maximum absolute atomic E-state index is 10.1. The van der Waals surface area contributed by atoms with E-state index in [9.17, 15) is 4.79 Å². The van der Waals surface area contributed by atoms with Gasteiger partial charge in [0.2, 0.25) is 0 Å². The van der Waals surface area contributed by atoms with Crippen LogP contribution in [-0.2, 0) is 19.4 Å². The SMILES string of the molecule is O=C(OOB(O)O)OOB(O)O. The first-order valence-corrected chi connectivity index (χ1v) is 2.45. The van der Waals surface area contributed by atoms with E-state index in [0.717, 1.165) is 0 Å². The van der Waals surface area contributed by atoms with E-state index in [0.29, 0.717) is 0 Å². The molecule has 0 rings (SSSR count). The number of carbonyl (C=O) groups excluding carboxylic acids is 1. The van der Waals surface area contributed by atoms with Gasteiger partial charge in [-0.15, -0.1) is 0 Å². The van der Waals surface area contributed by atoms with Gasteiger partial charge in [-0.05, 0) is 0 Å². The highest BCUT2D eigenvalue weighted by molar-refractivity contribution is 6.32. The Morgan fingerprint density at radius 1 is 0.917 bits per heavy atom. The summed E-state index contributed by atoms with van der Waals surface area (Å²) < 4.78 is 0. The van der Waals surface area contributed by atoms with E-state index in [4.69, 9.17) is 20.1 Å². The summed E-state index contributed by atoms with van der Waals surface area (Å²) >= 11 is 0. The summed E-state index contributed by atoms with van der Waals surface area (Å²) in [6, 6.07) is 0. The first-order valence-electron chi connectivity index (χ1n) is 2.45. The largest absolute Gasteiger partial charge is 0.673 e. The van der Waals surface area contributed by atoms with Gasteiger partial charge in [0, 0.05) is 0 Å². The van der Waals surface area contributed by atoms with E-state index >= 15 is 0 Å². The maximum atomic E-state index is 10.1. The second kappa shape index (κ2) is 5.77. The quantitative estimate of drug-likeness (QED) is 0.203. The molecule has 12 heavy (non-hydrogen) atoms. The van der Waals surface area contributed by atoms with Gasteiger partial charge >= 0.3 is 20.8 Å². The highest BCUT2D eigenvalue weighted by Gasteiger charge is 2.19. The second-order valence-electron chi connectivity index (χ2n) is 1.26. The zero-order valence-electron chi connectivity index (χ0n) is 5.48. The topological polar surface area (TPSA) is 135 Å². The first kappa shape index (κ1) is 11.2. The third-order valence-electron chi connectivity index (χ3n) is 0.404. The molecule has 11 heteroatoms. The molecule has 0 radical (unpaired) electrons. The summed E-state index contributed by atoms with van der Waals surface area (Å²) in [5.74, 6) is 0. The summed E-state index contributed by atoms with van der Waals surface area (Å²) in [6.07, 6.45) is -1.64. The van der Waals surface area contributed by atoms with Gasteiger partial charge in [0.15, 0.2) is 0 Å². The fourth-order valence-corrected chi connectivity index (χ4v) is 0.179. The Morgan fingerprint density at radius 3 is 1.50 bits per heavy atom. The molecule has 68 valence electrons. The monoisotopic (exact) mass is 182 g/mol. The molecule has 0 aliphatic rings. The van der Waals surface area contributed by atoms with E-state index in [1.165, 1.54) is 0 Å². The average molecular weight is 182 g/mol. The van der Waals surface area contributed by atoms with Gasteiger partial charge in [-0.25, -0.2) is 0 Å². The molecule has 9 nitrogen and oxygen atoms in total. The van der Waals surface area contributed by atoms with Crippen LogP contribution in [0.1, 0.15) is 0 Å². The van der Waals surface area contributed by atoms with Crippen LogP contribution in [0.5, 0.6) is 0 Å². The van der Waals surface area contributed by atoms with Gasteiger partial charge in [-0.2, -0.15) is 14.4 Å². The second-order valence-corrected chi connectivity index (χ2v) is 1.26. The lowest BCUT2D eigenvalue weighted by atomic mass is 10.3. The number of carbonyl (C=O) groups is 1. The van der Waals surface area contributed by atoms with Crippen LogP contribution < -0.4 is 0 Å². The molecule has 4 N–H and O–H groups in total. The van der Waals surface area contributed by atoms with Crippen molar-refractivity contribution in [2.75, 3.05) is 0 Å². The maximum Gasteiger partial charge on any atom is 0.673 e. The number of hydrogen-bond acceptors (Lipinski definition) is 9. The minimum atomic E-state index is -2.32. The summed E-state index contributed by atoms with van der Waals surface area (Å²) in [5.41, 5.74) is 0. The van der Waals surface area contributed by atoms with Crippen molar-refractivity contribution in [3.05, 3.63) is 0 Å². The molecule has 0 amide bonds. The summed E-state index contributed by atoms with van der Waals surface area (Å²) in [4.78, 5) is 23.9. The molecule has 0 saturated heterocycles. The Morgan fingerprint density at radius 2 is 1.25 bits per heavy atom. The van der Waals surface area contributed by atoms with Crippen molar-refractivity contribution in [3.63, 3.8) is 0 Å². The van der Waals surface area contributed by atoms with Gasteiger partial charge in [0.1, 0.15) is 0 Å². The Bertz CT molecular complexity index is 118. The summed E-state index contributed by atoms with van der Waals surface area (Å²) in [5, 5.41) is 31.8. The van der Waals surface area contributed by atoms with Crippen molar-refractivity contribution in [3.8, 4) is 0 Å². The zero-order chi connectivity index (χ0) is 9.56. The zero-order valence-corrected chi connectivity index (χ0v) is 5.48. The highest BCUT2D eigenvalue weighted by Crippen LogP contribution is 1.89. The Balaban J connectivity index is 3.34. The molecule has 0 heterocycles. The van der Waals surface area contributed by atoms with Crippen molar-refractivity contribution < 1.29 is 44.3 Å². The van der Waals surface area contributed by atoms with Crippen molar-refractivity contribution in [2.24, 2.45) is 0 Å². The molecular weight excluding hydrogens is 178 g/mol. The number of hydrogen-bond donors (Lipinski definition) is 4. The van der Waals surface area contributed by atoms with Crippen molar-refractivity contribution in [1.82, 2.24) is 0 Å². The number of rotatable bonds is 4. The molecule has 0 aromatic heterocycles. The van der Waals surface area contributed by atoms with Crippen molar-refractivity contribution in [1.29, 1.82) is 0 Å². The third kappa shape index (κ3) is 7.27. The van der Waals surface area contributed by atoms with E-state index in [-0.39, 0.29) is 0 Å². The molecule has 0 spiro atoms. The Labute approximate surface area is 66.2 Å². The predicted molar refractivity (Wildman–Crippen MR) is 30.1 cm³/mol. The minimum absolute atomic E-state index is 1.64. The molecule has 0 aromatic carbocycles. The molecule has 0 aliphatic heterocycles. The lowest BCUT2D eigenvalue weighted by Gasteiger charge is -2.01. The Hall–Kier alpha value is -0.840. The van der Waals surface area contributed by atoms with E-state index < -0.39 is 20.8 Å². The summed E-state index contributed by atoms with van der Waals surface area (Å²) in [6.45, 7) is 0. The van der Waals surface area contributed by atoms with Gasteiger partial charge < -0.3 is 20.1 Å². The van der Waals surface area contributed by atoms with Crippen LogP contribution in [0.2, 0.25) is 0 Å². The third-order valence-corrected chi connectivity index (χ3v) is 0.404. The Kier molecular flexibility index (Phi) is 5.36. The van der Waals surface area contributed by atoms with Crippen LogP contribution in [0, 0.1) is 0 Å². The normalized spacial score (nSPS) is 9.00. The van der Waals surface area contributed by atoms with Gasteiger partial charge in [0.05, 0.1) is 0 Å². The van der Waals surface area contributed by atoms with Crippen LogP contribution in [0.4, 0.5) is 4.79 Å². The molecule has 0 atom stereocenters. The lowest BCUT2D eigenvalue weighted by Crippen LogP contribution is -2.24. The minimum Gasteiger partial charge on any atom is -0.400 e.